The molecule has 1 amide bonds. The van der Waals surface area contributed by atoms with Crippen LogP contribution in [0.3, 0.4) is 0 Å². The van der Waals surface area contributed by atoms with Crippen molar-refractivity contribution < 1.29 is 9.53 Å². The first-order chi connectivity index (χ1) is 13.6. The van der Waals surface area contributed by atoms with Crippen LogP contribution in [0.1, 0.15) is 17.3 Å². The summed E-state index contributed by atoms with van der Waals surface area (Å²) in [5.74, 6) is -0.325. The van der Waals surface area contributed by atoms with Crippen LogP contribution in [-0.4, -0.2) is 40.6 Å². The molecule has 0 spiro atoms. The average molecular weight is 416 g/mol. The van der Waals surface area contributed by atoms with Gasteiger partial charge in [0.05, 0.1) is 22.7 Å². The summed E-state index contributed by atoms with van der Waals surface area (Å²) in [6, 6.07) is 13.5. The first kappa shape index (κ1) is 20.0. The van der Waals surface area contributed by atoms with Gasteiger partial charge in [0, 0.05) is 19.3 Å². The summed E-state index contributed by atoms with van der Waals surface area (Å²) in [5.41, 5.74) is 7.29. The topological polar surface area (TPSA) is 80.2 Å². The zero-order valence-electron chi connectivity index (χ0n) is 15.5. The molecule has 7 nitrogen and oxygen atoms in total. The molecule has 3 N–H and O–H groups in total. The number of carbonyl (C=O) groups excluding carboxylic acids is 1. The molecule has 0 saturated carbocycles. The largest absolute Gasteiger partial charge is 0.383 e. The Balaban J connectivity index is 1.77. The van der Waals surface area contributed by atoms with E-state index in [1.165, 1.54) is 11.3 Å². The quantitative estimate of drug-likeness (QED) is 0.424. The molecule has 3 aromatic rings. The van der Waals surface area contributed by atoms with Crippen LogP contribution in [0.4, 0.5) is 0 Å². The van der Waals surface area contributed by atoms with E-state index >= 15 is 0 Å². The Hall–Kier alpha value is -2.75. The Morgan fingerprint density at radius 1 is 1.25 bits per heavy atom. The lowest BCUT2D eigenvalue weighted by Crippen LogP contribution is -2.50. The highest BCUT2D eigenvalue weighted by Crippen LogP contribution is 2.27. The summed E-state index contributed by atoms with van der Waals surface area (Å²) in [5, 5.41) is 9.90. The van der Waals surface area contributed by atoms with Gasteiger partial charge >= 0.3 is 0 Å². The number of hydrogen-bond donors (Lipinski definition) is 3. The van der Waals surface area contributed by atoms with E-state index in [0.29, 0.717) is 23.0 Å². The molecule has 1 aromatic carbocycles. The van der Waals surface area contributed by atoms with Gasteiger partial charge in [0.15, 0.2) is 5.11 Å². The molecule has 1 atom stereocenters. The normalized spacial score (nSPS) is 11.6. The van der Waals surface area contributed by atoms with Crippen molar-refractivity contribution in [1.29, 1.82) is 0 Å². The second-order valence-corrected chi connectivity index (χ2v) is 7.41. The van der Waals surface area contributed by atoms with Gasteiger partial charge in [0.2, 0.25) is 0 Å². The van der Waals surface area contributed by atoms with Crippen molar-refractivity contribution in [3.63, 3.8) is 0 Å². The number of rotatable bonds is 6. The summed E-state index contributed by atoms with van der Waals surface area (Å²) in [4.78, 5) is 13.7. The Morgan fingerprint density at radius 3 is 2.71 bits per heavy atom. The number of thiocarbonyl (C=S) groups is 1. The molecule has 0 bridgehead atoms. The van der Waals surface area contributed by atoms with Crippen LogP contribution in [0.25, 0.3) is 16.3 Å². The molecule has 9 heteroatoms. The van der Waals surface area contributed by atoms with Crippen LogP contribution in [0.5, 0.6) is 0 Å². The molecule has 0 aliphatic carbocycles. The van der Waals surface area contributed by atoms with E-state index < -0.39 is 0 Å². The number of para-hydroxylation sites is 1. The minimum atomic E-state index is -0.325. The van der Waals surface area contributed by atoms with Crippen LogP contribution >= 0.6 is 23.6 Å². The van der Waals surface area contributed by atoms with Crippen molar-refractivity contribution in [2.24, 2.45) is 0 Å². The summed E-state index contributed by atoms with van der Waals surface area (Å²) < 4.78 is 6.75. The van der Waals surface area contributed by atoms with Gasteiger partial charge in [-0.1, -0.05) is 24.3 Å². The molecule has 0 fully saturated rings. The Kier molecular flexibility index (Phi) is 6.75. The first-order valence-electron chi connectivity index (χ1n) is 8.63. The van der Waals surface area contributed by atoms with Crippen molar-refractivity contribution >= 4 is 34.6 Å². The third kappa shape index (κ3) is 4.94. The van der Waals surface area contributed by atoms with Gasteiger partial charge in [-0.05, 0) is 42.7 Å². The van der Waals surface area contributed by atoms with Crippen LogP contribution in [-0.2, 0) is 4.74 Å². The second-order valence-electron chi connectivity index (χ2n) is 6.06. The standard InChI is InChI=1S/C19H21N5O2S2/c1-13(12-26-2)20-19(27)22-21-18(25)15-11-24(14-7-4-3-5-8-14)23-17(15)16-9-6-10-28-16/h3-11,13H,12H2,1-2H3,(H,21,25)(H2,20,22,27)/t13-/m1/s1. The van der Waals surface area contributed by atoms with Crippen LogP contribution in [0, 0.1) is 0 Å². The number of methoxy groups -OCH3 is 1. The molecule has 0 aliphatic rings. The number of hydrogen-bond acceptors (Lipinski definition) is 5. The van der Waals surface area contributed by atoms with E-state index in [1.807, 2.05) is 54.8 Å². The van der Waals surface area contributed by atoms with Crippen LogP contribution < -0.4 is 16.2 Å². The fraction of sp³-hybridized carbons (Fsp3) is 0.211. The number of carbonyl (C=O) groups is 1. The van der Waals surface area contributed by atoms with Crippen LogP contribution in [0.2, 0.25) is 0 Å². The van der Waals surface area contributed by atoms with Crippen LogP contribution in [0.15, 0.2) is 54.0 Å². The number of amides is 1. The number of nitrogens with zero attached hydrogens (tertiary/aromatic N) is 2. The van der Waals surface area contributed by atoms with Crippen molar-refractivity contribution in [1.82, 2.24) is 25.9 Å². The highest BCUT2D eigenvalue weighted by atomic mass is 32.1. The number of benzene rings is 1. The lowest BCUT2D eigenvalue weighted by atomic mass is 10.2. The zero-order valence-corrected chi connectivity index (χ0v) is 17.1. The first-order valence-corrected chi connectivity index (χ1v) is 9.92. The fourth-order valence-corrected chi connectivity index (χ4v) is 3.56. The smallest absolute Gasteiger partial charge is 0.273 e. The van der Waals surface area contributed by atoms with E-state index in [-0.39, 0.29) is 11.9 Å². The van der Waals surface area contributed by atoms with Gasteiger partial charge in [0.1, 0.15) is 5.69 Å². The minimum absolute atomic E-state index is 0.0180. The maximum atomic E-state index is 12.8. The zero-order chi connectivity index (χ0) is 19.9. The van der Waals surface area contributed by atoms with E-state index in [0.717, 1.165) is 10.6 Å². The molecule has 0 radical (unpaired) electrons. The van der Waals surface area contributed by atoms with Gasteiger partial charge in [-0.25, -0.2) is 4.68 Å². The summed E-state index contributed by atoms with van der Waals surface area (Å²) in [6.07, 6.45) is 1.71. The summed E-state index contributed by atoms with van der Waals surface area (Å²) in [7, 11) is 1.62. The molecule has 2 heterocycles. The Labute approximate surface area is 172 Å². The van der Waals surface area contributed by atoms with E-state index in [1.54, 1.807) is 18.0 Å². The lowest BCUT2D eigenvalue weighted by Gasteiger charge is -2.16. The van der Waals surface area contributed by atoms with E-state index in [4.69, 9.17) is 17.0 Å². The summed E-state index contributed by atoms with van der Waals surface area (Å²) in [6.45, 7) is 2.43. The number of nitrogens with one attached hydrogen (secondary N) is 3. The van der Waals surface area contributed by atoms with Crippen molar-refractivity contribution in [2.45, 2.75) is 13.0 Å². The summed E-state index contributed by atoms with van der Waals surface area (Å²) >= 11 is 6.72. The average Bonchev–Trinajstić information content (AvgIpc) is 3.36. The SMILES string of the molecule is COC[C@@H](C)NC(=S)NNC(=O)c1cn(-c2ccccc2)nc1-c1cccs1. The van der Waals surface area contributed by atoms with Crippen molar-refractivity contribution in [3.8, 4) is 16.3 Å². The minimum Gasteiger partial charge on any atom is -0.383 e. The molecule has 2 aromatic heterocycles. The van der Waals surface area contributed by atoms with E-state index in [2.05, 4.69) is 21.3 Å². The fourth-order valence-electron chi connectivity index (χ4n) is 2.58. The van der Waals surface area contributed by atoms with E-state index in [9.17, 15) is 4.79 Å². The number of aromatic nitrogens is 2. The highest BCUT2D eigenvalue weighted by Gasteiger charge is 2.19. The number of ether oxygens (including phenoxy) is 1. The lowest BCUT2D eigenvalue weighted by molar-refractivity contribution is 0.0944. The molecule has 0 aliphatic heterocycles. The van der Waals surface area contributed by atoms with Gasteiger partial charge in [-0.15, -0.1) is 11.3 Å². The van der Waals surface area contributed by atoms with Gasteiger partial charge in [0.25, 0.3) is 5.91 Å². The monoisotopic (exact) mass is 415 g/mol. The molecule has 28 heavy (non-hydrogen) atoms. The predicted molar refractivity (Wildman–Crippen MR) is 115 cm³/mol. The third-order valence-corrected chi connectivity index (χ3v) is 4.91. The maximum Gasteiger partial charge on any atom is 0.273 e. The molecular weight excluding hydrogens is 394 g/mol. The molecular formula is C19H21N5O2S2. The predicted octanol–water partition coefficient (Wildman–Crippen LogP) is 2.74. The van der Waals surface area contributed by atoms with Gasteiger partial charge < -0.3 is 10.1 Å². The number of hydrazine groups is 1. The highest BCUT2D eigenvalue weighted by molar-refractivity contribution is 7.80. The molecule has 3 rings (SSSR count). The Morgan fingerprint density at radius 2 is 2.04 bits per heavy atom. The van der Waals surface area contributed by atoms with Crippen molar-refractivity contribution in [3.05, 3.63) is 59.6 Å². The third-order valence-electron chi connectivity index (χ3n) is 3.82. The maximum absolute atomic E-state index is 12.8. The molecule has 0 unspecified atom stereocenters. The van der Waals surface area contributed by atoms with Gasteiger partial charge in [-0.2, -0.15) is 5.10 Å². The number of thiophene rings is 1. The van der Waals surface area contributed by atoms with Crippen molar-refractivity contribution in [2.75, 3.05) is 13.7 Å². The van der Waals surface area contributed by atoms with Gasteiger partial charge in [-0.3, -0.25) is 15.6 Å². The molecule has 146 valence electrons. The Bertz CT molecular complexity index is 925. The molecule has 0 saturated heterocycles. The second kappa shape index (κ2) is 9.45.